The lowest BCUT2D eigenvalue weighted by molar-refractivity contribution is -0.0620. The van der Waals surface area contributed by atoms with Crippen molar-refractivity contribution in [3.05, 3.63) is 33.1 Å². The molecule has 3 N–H and O–H groups in total. The number of aromatic amines is 1. The Bertz CT molecular complexity index is 695. The van der Waals surface area contributed by atoms with E-state index in [-0.39, 0.29) is 0 Å². The van der Waals surface area contributed by atoms with Gasteiger partial charge in [0, 0.05) is 26.5 Å². The summed E-state index contributed by atoms with van der Waals surface area (Å²) in [5.41, 5.74) is -1.28. The Morgan fingerprint density at radius 2 is 1.96 bits per heavy atom. The average molecular weight is 352 g/mol. The van der Waals surface area contributed by atoms with Crippen LogP contribution in [-0.2, 0) is 23.3 Å². The molecule has 0 saturated carbocycles. The van der Waals surface area contributed by atoms with Crippen molar-refractivity contribution in [3.8, 4) is 0 Å². The highest BCUT2D eigenvalue weighted by atomic mass is 31.2. The first-order valence-corrected chi connectivity index (χ1v) is 8.02. The normalized spacial score (nSPS) is 28.2. The molecule has 1 aliphatic rings. The van der Waals surface area contributed by atoms with Gasteiger partial charge in [-0.1, -0.05) is 0 Å². The molecule has 23 heavy (non-hydrogen) atoms. The molecule has 1 saturated heterocycles. The van der Waals surface area contributed by atoms with Crippen molar-refractivity contribution in [2.24, 2.45) is 0 Å². The molecule has 4 atom stereocenters. The molecule has 1 aromatic rings. The van der Waals surface area contributed by atoms with Gasteiger partial charge in [0.25, 0.3) is 5.56 Å². The van der Waals surface area contributed by atoms with Crippen LogP contribution in [0.25, 0.3) is 0 Å². The third kappa shape index (κ3) is 4.15. The van der Waals surface area contributed by atoms with Gasteiger partial charge in [-0.3, -0.25) is 18.9 Å². The highest BCUT2D eigenvalue weighted by Crippen LogP contribution is 2.39. The van der Waals surface area contributed by atoms with Gasteiger partial charge in [0.2, 0.25) is 0 Å². The first kappa shape index (κ1) is 18.0. The molecule has 2 unspecified atom stereocenters. The molecule has 2 rings (SSSR count). The van der Waals surface area contributed by atoms with Crippen molar-refractivity contribution >= 4 is 7.82 Å². The summed E-state index contributed by atoms with van der Waals surface area (Å²) in [5, 5.41) is 0. The maximum absolute atomic E-state index is 11.9. The van der Waals surface area contributed by atoms with Gasteiger partial charge in [0.1, 0.15) is 18.3 Å². The lowest BCUT2D eigenvalue weighted by atomic mass is 10.1. The smallest absolute Gasteiger partial charge is 0.376 e. The van der Waals surface area contributed by atoms with Gasteiger partial charge in [-0.2, -0.15) is 0 Å². The van der Waals surface area contributed by atoms with Crippen LogP contribution in [0, 0.1) is 0 Å². The average Bonchev–Trinajstić information content (AvgIpc) is 2.81. The predicted octanol–water partition coefficient (Wildman–Crippen LogP) is -1.43. The summed E-state index contributed by atoms with van der Waals surface area (Å²) in [5.74, 6) is 0. The molecule has 11 nitrogen and oxygen atoms in total. The number of ether oxygens (including phenoxy) is 3. The minimum atomic E-state index is -4.68. The Hall–Kier alpha value is -1.33. The summed E-state index contributed by atoms with van der Waals surface area (Å²) in [6, 6.07) is 1.14. The minimum absolute atomic E-state index is 0.461. The van der Waals surface area contributed by atoms with Gasteiger partial charge in [-0.15, -0.1) is 0 Å². The molecule has 0 spiro atoms. The fourth-order valence-corrected chi connectivity index (χ4v) is 2.74. The second-order valence-electron chi connectivity index (χ2n) is 4.77. The monoisotopic (exact) mass is 352 g/mol. The van der Waals surface area contributed by atoms with Crippen LogP contribution in [0.2, 0.25) is 0 Å². The number of phosphoric ester groups is 1. The van der Waals surface area contributed by atoms with Crippen molar-refractivity contribution in [1.82, 2.24) is 9.55 Å². The molecule has 0 aliphatic carbocycles. The third-order valence-electron chi connectivity index (χ3n) is 3.36. The van der Waals surface area contributed by atoms with E-state index in [0.717, 1.165) is 10.6 Å². The number of hydrogen-bond donors (Lipinski definition) is 3. The van der Waals surface area contributed by atoms with Crippen molar-refractivity contribution in [3.63, 3.8) is 0 Å². The van der Waals surface area contributed by atoms with E-state index in [1.165, 1.54) is 20.4 Å². The van der Waals surface area contributed by atoms with Crippen LogP contribution >= 0.6 is 7.82 Å². The highest BCUT2D eigenvalue weighted by molar-refractivity contribution is 7.46. The van der Waals surface area contributed by atoms with Crippen LogP contribution in [0.3, 0.4) is 0 Å². The zero-order valence-corrected chi connectivity index (χ0v) is 13.2. The third-order valence-corrected chi connectivity index (χ3v) is 3.85. The zero-order valence-electron chi connectivity index (χ0n) is 12.3. The van der Waals surface area contributed by atoms with Crippen molar-refractivity contribution < 1.29 is 33.1 Å². The molecular formula is C11H17N2O9P. The predicted molar refractivity (Wildman–Crippen MR) is 74.8 cm³/mol. The van der Waals surface area contributed by atoms with Crippen LogP contribution in [-0.4, -0.2) is 58.5 Å². The first-order valence-electron chi connectivity index (χ1n) is 6.49. The maximum atomic E-state index is 11.9. The number of methoxy groups -OCH3 is 2. The van der Waals surface area contributed by atoms with Crippen molar-refractivity contribution in [1.29, 1.82) is 0 Å². The van der Waals surface area contributed by atoms with Gasteiger partial charge in [0.15, 0.2) is 6.23 Å². The molecule has 0 radical (unpaired) electrons. The fraction of sp³-hybridized carbons (Fsp3) is 0.636. The number of H-pyrrole nitrogens is 1. The summed E-state index contributed by atoms with van der Waals surface area (Å²) in [4.78, 5) is 42.7. The molecule has 1 fully saturated rings. The summed E-state index contributed by atoms with van der Waals surface area (Å²) < 4.78 is 32.5. The number of hydrogen-bond acceptors (Lipinski definition) is 7. The maximum Gasteiger partial charge on any atom is 0.469 e. The summed E-state index contributed by atoms with van der Waals surface area (Å²) >= 11 is 0. The van der Waals surface area contributed by atoms with E-state index in [2.05, 4.69) is 9.51 Å². The number of nitrogens with zero attached hydrogens (tertiary/aromatic N) is 1. The van der Waals surface area contributed by atoms with Gasteiger partial charge in [-0.05, 0) is 0 Å². The van der Waals surface area contributed by atoms with Gasteiger partial charge < -0.3 is 24.0 Å². The molecule has 2 heterocycles. The van der Waals surface area contributed by atoms with Gasteiger partial charge in [0.05, 0.1) is 6.61 Å². The molecule has 1 aliphatic heterocycles. The van der Waals surface area contributed by atoms with Crippen LogP contribution in [0.1, 0.15) is 6.23 Å². The summed E-state index contributed by atoms with van der Waals surface area (Å²) in [6.07, 6.45) is -2.11. The molecule has 130 valence electrons. The minimum Gasteiger partial charge on any atom is -0.376 e. The molecule has 0 amide bonds. The van der Waals surface area contributed by atoms with E-state index in [1.807, 2.05) is 0 Å². The first-order chi connectivity index (χ1) is 10.8. The number of phosphoric acid groups is 1. The van der Waals surface area contributed by atoms with Gasteiger partial charge in [-0.25, -0.2) is 9.36 Å². The van der Waals surface area contributed by atoms with E-state index >= 15 is 0 Å². The van der Waals surface area contributed by atoms with E-state index in [4.69, 9.17) is 24.0 Å². The SMILES string of the molecule is COC1C(OC)[C@@H](COP(=O)(O)O)O[C@H]1n1ccc(=O)[nH]c1=O. The molecule has 12 heteroatoms. The lowest BCUT2D eigenvalue weighted by Crippen LogP contribution is -2.39. The summed E-state index contributed by atoms with van der Waals surface area (Å²) in [7, 11) is -1.95. The van der Waals surface area contributed by atoms with Crippen LogP contribution in [0.15, 0.2) is 21.9 Å². The fourth-order valence-electron chi connectivity index (χ4n) is 2.40. The second kappa shape index (κ2) is 7.05. The van der Waals surface area contributed by atoms with E-state index in [9.17, 15) is 14.2 Å². The largest absolute Gasteiger partial charge is 0.469 e. The topological polar surface area (TPSA) is 149 Å². The zero-order chi connectivity index (χ0) is 17.2. The standard InChI is InChI=1S/C11H17N2O9P/c1-19-8-6(5-21-23(16,17)18)22-10(9(8)20-2)13-4-3-7(14)12-11(13)15/h3-4,6,8-10H,5H2,1-2H3,(H,12,14,15)(H2,16,17,18)/t6-,8?,9?,10-/m1/s1. The molecule has 0 aromatic carbocycles. The molecule has 0 bridgehead atoms. The summed E-state index contributed by atoms with van der Waals surface area (Å²) in [6.45, 7) is -0.461. The van der Waals surface area contributed by atoms with E-state index in [1.54, 1.807) is 0 Å². The number of rotatable bonds is 6. The van der Waals surface area contributed by atoms with Crippen LogP contribution < -0.4 is 11.2 Å². The van der Waals surface area contributed by atoms with Gasteiger partial charge >= 0.3 is 13.5 Å². The second-order valence-corrected chi connectivity index (χ2v) is 6.01. The Kier molecular flexibility index (Phi) is 5.53. The van der Waals surface area contributed by atoms with Crippen molar-refractivity contribution in [2.75, 3.05) is 20.8 Å². The Morgan fingerprint density at radius 1 is 1.30 bits per heavy atom. The lowest BCUT2D eigenvalue weighted by Gasteiger charge is -2.22. The van der Waals surface area contributed by atoms with E-state index < -0.39 is 50.2 Å². The van der Waals surface area contributed by atoms with E-state index in [0.29, 0.717) is 0 Å². The van der Waals surface area contributed by atoms with Crippen LogP contribution in [0.5, 0.6) is 0 Å². The number of nitrogens with one attached hydrogen (secondary N) is 1. The highest BCUT2D eigenvalue weighted by Gasteiger charge is 2.47. The Labute approximate surface area is 130 Å². The molecule has 1 aromatic heterocycles. The quantitative estimate of drug-likeness (QED) is 0.524. The molecular weight excluding hydrogens is 335 g/mol. The van der Waals surface area contributed by atoms with Crippen molar-refractivity contribution in [2.45, 2.75) is 24.5 Å². The number of aromatic nitrogens is 2. The Morgan fingerprint density at radius 3 is 2.48 bits per heavy atom. The van der Waals surface area contributed by atoms with Crippen LogP contribution in [0.4, 0.5) is 0 Å². The Balaban J connectivity index is 2.28.